The van der Waals surface area contributed by atoms with Gasteiger partial charge in [-0.25, -0.2) is 4.39 Å². The summed E-state index contributed by atoms with van der Waals surface area (Å²) in [4.78, 5) is 34.1. The summed E-state index contributed by atoms with van der Waals surface area (Å²) in [6, 6.07) is 10.3. The molecule has 2 heterocycles. The van der Waals surface area contributed by atoms with Crippen LogP contribution in [0.25, 0.3) is 0 Å². The SMILES string of the molecule is CCC(=O)N(CCN1CCCCC1)CC(=O)N(Cc1ccc(F)cc1)Cc1ccc(C)s1. The number of rotatable bonds is 10. The molecule has 1 fully saturated rings. The number of halogens is 1. The monoisotopic (exact) mass is 459 g/mol. The number of likely N-dealkylation sites (tertiary alicyclic amines) is 1. The first-order valence-corrected chi connectivity index (χ1v) is 12.3. The van der Waals surface area contributed by atoms with Crippen LogP contribution in [-0.4, -0.2) is 59.2 Å². The summed E-state index contributed by atoms with van der Waals surface area (Å²) < 4.78 is 13.3. The molecule has 1 aliphatic heterocycles. The third kappa shape index (κ3) is 7.41. The molecule has 0 spiro atoms. The van der Waals surface area contributed by atoms with E-state index >= 15 is 0 Å². The van der Waals surface area contributed by atoms with Crippen LogP contribution in [0.3, 0.4) is 0 Å². The van der Waals surface area contributed by atoms with Crippen LogP contribution < -0.4 is 0 Å². The van der Waals surface area contributed by atoms with E-state index in [1.165, 1.54) is 36.3 Å². The summed E-state index contributed by atoms with van der Waals surface area (Å²) in [6.07, 6.45) is 4.06. The minimum Gasteiger partial charge on any atom is -0.332 e. The number of thiophene rings is 1. The lowest BCUT2D eigenvalue weighted by atomic mass is 10.1. The van der Waals surface area contributed by atoms with Crippen molar-refractivity contribution in [2.24, 2.45) is 0 Å². The van der Waals surface area contributed by atoms with Crippen molar-refractivity contribution in [3.05, 3.63) is 57.5 Å². The lowest BCUT2D eigenvalue weighted by molar-refractivity contribution is -0.141. The molecule has 1 aromatic carbocycles. The van der Waals surface area contributed by atoms with E-state index in [1.54, 1.807) is 33.3 Å². The highest BCUT2D eigenvalue weighted by molar-refractivity contribution is 7.11. The van der Waals surface area contributed by atoms with E-state index in [0.29, 0.717) is 26.1 Å². The summed E-state index contributed by atoms with van der Waals surface area (Å²) in [6.45, 7) is 8.33. The van der Waals surface area contributed by atoms with E-state index in [4.69, 9.17) is 0 Å². The molecular formula is C25H34FN3O2S. The highest BCUT2D eigenvalue weighted by atomic mass is 32.1. The van der Waals surface area contributed by atoms with Gasteiger partial charge < -0.3 is 14.7 Å². The smallest absolute Gasteiger partial charge is 0.242 e. The second-order valence-electron chi connectivity index (χ2n) is 8.46. The number of hydrogen-bond acceptors (Lipinski definition) is 4. The standard InChI is InChI=1S/C25H34FN3O2S/c1-3-24(30)28(16-15-27-13-5-4-6-14-27)19-25(31)29(18-23-12-7-20(2)32-23)17-21-8-10-22(26)11-9-21/h7-12H,3-6,13-19H2,1-2H3. The third-order valence-corrected chi connectivity index (χ3v) is 6.88. The zero-order valence-corrected chi connectivity index (χ0v) is 20.0. The molecule has 1 aliphatic rings. The molecule has 0 radical (unpaired) electrons. The molecule has 0 saturated carbocycles. The predicted molar refractivity (Wildman–Crippen MR) is 127 cm³/mol. The van der Waals surface area contributed by atoms with Crippen molar-refractivity contribution in [2.45, 2.75) is 52.6 Å². The maximum absolute atomic E-state index is 13.4. The summed E-state index contributed by atoms with van der Waals surface area (Å²) in [5, 5.41) is 0. The van der Waals surface area contributed by atoms with E-state index < -0.39 is 0 Å². The Bertz CT molecular complexity index is 878. The molecule has 0 aliphatic carbocycles. The molecule has 174 valence electrons. The van der Waals surface area contributed by atoms with Gasteiger partial charge in [0, 0.05) is 35.8 Å². The van der Waals surface area contributed by atoms with Crippen LogP contribution in [0.1, 0.15) is 47.9 Å². The Labute approximate surface area is 194 Å². The highest BCUT2D eigenvalue weighted by Gasteiger charge is 2.22. The lowest BCUT2D eigenvalue weighted by Gasteiger charge is -2.31. The Balaban J connectivity index is 1.69. The van der Waals surface area contributed by atoms with E-state index in [2.05, 4.69) is 4.90 Å². The fourth-order valence-electron chi connectivity index (χ4n) is 4.02. The molecule has 1 saturated heterocycles. The normalized spacial score (nSPS) is 14.3. The van der Waals surface area contributed by atoms with E-state index in [0.717, 1.165) is 30.1 Å². The van der Waals surface area contributed by atoms with Crippen LogP contribution in [0.2, 0.25) is 0 Å². The summed E-state index contributed by atoms with van der Waals surface area (Å²) >= 11 is 1.66. The molecular weight excluding hydrogens is 425 g/mol. The molecule has 7 heteroatoms. The van der Waals surface area contributed by atoms with Crippen molar-refractivity contribution in [2.75, 3.05) is 32.7 Å². The molecule has 5 nitrogen and oxygen atoms in total. The number of carbonyl (C=O) groups is 2. The maximum atomic E-state index is 13.4. The number of hydrogen-bond donors (Lipinski definition) is 0. The van der Waals surface area contributed by atoms with Crippen molar-refractivity contribution in [3.63, 3.8) is 0 Å². The second kappa shape index (κ2) is 12.1. The Kier molecular flexibility index (Phi) is 9.23. The molecule has 1 aromatic heterocycles. The Hall–Kier alpha value is -2.25. The molecule has 0 N–H and O–H groups in total. The summed E-state index contributed by atoms with van der Waals surface area (Å²) in [7, 11) is 0. The van der Waals surface area contributed by atoms with Gasteiger partial charge in [0.05, 0.1) is 13.1 Å². The van der Waals surface area contributed by atoms with Gasteiger partial charge in [0.25, 0.3) is 0 Å². The van der Waals surface area contributed by atoms with E-state index in [1.807, 2.05) is 26.0 Å². The van der Waals surface area contributed by atoms with E-state index in [9.17, 15) is 14.0 Å². The number of piperidine rings is 1. The fourth-order valence-corrected chi connectivity index (χ4v) is 4.93. The number of nitrogens with zero attached hydrogens (tertiary/aromatic N) is 3. The Morgan fingerprint density at radius 1 is 0.969 bits per heavy atom. The van der Waals surface area contributed by atoms with Crippen LogP contribution >= 0.6 is 11.3 Å². The van der Waals surface area contributed by atoms with Gasteiger partial charge >= 0.3 is 0 Å². The second-order valence-corrected chi connectivity index (χ2v) is 9.83. The van der Waals surface area contributed by atoms with Crippen molar-refractivity contribution >= 4 is 23.2 Å². The Morgan fingerprint density at radius 3 is 2.31 bits per heavy atom. The molecule has 0 bridgehead atoms. The molecule has 0 atom stereocenters. The van der Waals surface area contributed by atoms with Gasteiger partial charge in [-0.05, 0) is 62.7 Å². The van der Waals surface area contributed by atoms with Gasteiger partial charge in [-0.3, -0.25) is 9.59 Å². The summed E-state index contributed by atoms with van der Waals surface area (Å²) in [5.74, 6) is -0.372. The van der Waals surface area contributed by atoms with Gasteiger partial charge in [-0.2, -0.15) is 0 Å². The fraction of sp³-hybridized carbons (Fsp3) is 0.520. The lowest BCUT2D eigenvalue weighted by Crippen LogP contribution is -2.45. The highest BCUT2D eigenvalue weighted by Crippen LogP contribution is 2.19. The maximum Gasteiger partial charge on any atom is 0.242 e. The average Bonchev–Trinajstić information content (AvgIpc) is 3.22. The topological polar surface area (TPSA) is 43.9 Å². The van der Waals surface area contributed by atoms with Gasteiger partial charge in [-0.15, -0.1) is 11.3 Å². The minimum atomic E-state index is -0.294. The van der Waals surface area contributed by atoms with Crippen LogP contribution in [0.15, 0.2) is 36.4 Å². The van der Waals surface area contributed by atoms with Crippen LogP contribution in [-0.2, 0) is 22.7 Å². The predicted octanol–water partition coefficient (Wildman–Crippen LogP) is 4.45. The minimum absolute atomic E-state index is 0.00376. The zero-order valence-electron chi connectivity index (χ0n) is 19.2. The average molecular weight is 460 g/mol. The van der Waals surface area contributed by atoms with Gasteiger partial charge in [0.2, 0.25) is 11.8 Å². The molecule has 2 amide bonds. The summed E-state index contributed by atoms with van der Waals surface area (Å²) in [5.41, 5.74) is 0.870. The van der Waals surface area contributed by atoms with Crippen molar-refractivity contribution in [1.82, 2.24) is 14.7 Å². The van der Waals surface area contributed by atoms with Crippen LogP contribution in [0.5, 0.6) is 0 Å². The zero-order chi connectivity index (χ0) is 22.9. The van der Waals surface area contributed by atoms with Crippen LogP contribution in [0, 0.1) is 12.7 Å². The largest absolute Gasteiger partial charge is 0.332 e. The van der Waals surface area contributed by atoms with Crippen LogP contribution in [0.4, 0.5) is 4.39 Å². The number of benzene rings is 1. The number of amides is 2. The van der Waals surface area contributed by atoms with Crippen molar-refractivity contribution < 1.29 is 14.0 Å². The van der Waals surface area contributed by atoms with Gasteiger partial charge in [0.1, 0.15) is 5.82 Å². The van der Waals surface area contributed by atoms with E-state index in [-0.39, 0.29) is 24.2 Å². The molecule has 3 rings (SSSR count). The quantitative estimate of drug-likeness (QED) is 0.527. The first kappa shape index (κ1) is 24.4. The molecule has 0 unspecified atom stereocenters. The first-order valence-electron chi connectivity index (χ1n) is 11.5. The van der Waals surface area contributed by atoms with Crippen molar-refractivity contribution in [1.29, 1.82) is 0 Å². The van der Waals surface area contributed by atoms with Crippen molar-refractivity contribution in [3.8, 4) is 0 Å². The number of aryl methyl sites for hydroxylation is 1. The Morgan fingerprint density at radius 2 is 1.69 bits per heavy atom. The molecule has 32 heavy (non-hydrogen) atoms. The molecule has 2 aromatic rings. The van der Waals surface area contributed by atoms with Gasteiger partial charge in [-0.1, -0.05) is 25.5 Å². The van der Waals surface area contributed by atoms with Gasteiger partial charge in [0.15, 0.2) is 0 Å². The third-order valence-electron chi connectivity index (χ3n) is 5.90. The first-order chi connectivity index (χ1) is 15.4. The number of carbonyl (C=O) groups excluding carboxylic acids is 2.